The van der Waals surface area contributed by atoms with Gasteiger partial charge in [-0.2, -0.15) is 9.65 Å². The number of phenolic OH excluding ortho intramolecular Hbond substituents is 1. The molecule has 0 atom stereocenters. The average Bonchev–Trinajstić information content (AvgIpc) is 3.06. The molecule has 1 aliphatic rings. The van der Waals surface area contributed by atoms with E-state index in [0.29, 0.717) is 18.4 Å². The number of nitriles is 1. The van der Waals surface area contributed by atoms with E-state index < -0.39 is 17.0 Å². The maximum absolute atomic E-state index is 13.6. The van der Waals surface area contributed by atoms with Crippen molar-refractivity contribution in [1.82, 2.24) is 0 Å². The Morgan fingerprint density at radius 2 is 2.25 bits per heavy atom. The van der Waals surface area contributed by atoms with Crippen molar-refractivity contribution in [1.29, 1.82) is 5.26 Å². The lowest BCUT2D eigenvalue weighted by molar-refractivity contribution is 0.358. The van der Waals surface area contributed by atoms with Gasteiger partial charge in [0.1, 0.15) is 0 Å². The summed E-state index contributed by atoms with van der Waals surface area (Å²) >= 11 is 5.68. The van der Waals surface area contributed by atoms with Gasteiger partial charge in [-0.05, 0) is 18.9 Å². The Bertz CT molecular complexity index is 492. The first-order valence-corrected chi connectivity index (χ1v) is 5.10. The fraction of sp³-hybridized carbons (Fsp3) is 0.364. The minimum atomic E-state index is -0.911. The van der Waals surface area contributed by atoms with Crippen molar-refractivity contribution in [2.45, 2.75) is 18.3 Å². The maximum atomic E-state index is 13.6. The number of hydrogen-bond acceptors (Lipinski definition) is 3. The minimum Gasteiger partial charge on any atom is -0.504 e. The maximum Gasteiger partial charge on any atom is 0.208 e. The largest absolute Gasteiger partial charge is 0.504 e. The highest BCUT2D eigenvalue weighted by Crippen LogP contribution is 2.53. The van der Waals surface area contributed by atoms with Crippen molar-refractivity contribution in [3.05, 3.63) is 22.5 Å². The lowest BCUT2D eigenvalue weighted by Crippen LogP contribution is -2.07. The zero-order valence-electron chi connectivity index (χ0n) is 8.55. The normalized spacial score (nSPS) is 16.6. The Hall–Kier alpha value is -1.47. The Kier molecular flexibility index (Phi) is 2.43. The number of rotatable bonds is 2. The fourth-order valence-corrected chi connectivity index (χ4v) is 1.90. The summed E-state index contributed by atoms with van der Waals surface area (Å²) in [6, 6.07) is 3.53. The molecule has 16 heavy (non-hydrogen) atoms. The molecule has 84 valence electrons. The molecule has 5 heteroatoms. The molecule has 2 rings (SSSR count). The number of ether oxygens (including phenoxy) is 1. The van der Waals surface area contributed by atoms with Crippen molar-refractivity contribution >= 4 is 11.6 Å². The summed E-state index contributed by atoms with van der Waals surface area (Å²) in [4.78, 5) is 0. The van der Waals surface area contributed by atoms with Crippen LogP contribution in [0.5, 0.6) is 11.5 Å². The number of halogens is 2. The molecule has 0 amide bonds. The van der Waals surface area contributed by atoms with Crippen molar-refractivity contribution in [2.24, 2.45) is 0 Å². The van der Waals surface area contributed by atoms with Crippen LogP contribution in [0.4, 0.5) is 4.39 Å². The molecule has 1 aromatic carbocycles. The van der Waals surface area contributed by atoms with E-state index in [4.69, 9.17) is 21.6 Å². The summed E-state index contributed by atoms with van der Waals surface area (Å²) in [7, 11) is 1.29. The third kappa shape index (κ3) is 1.40. The molecule has 3 nitrogen and oxygen atoms in total. The lowest BCUT2D eigenvalue weighted by atomic mass is 9.96. The zero-order chi connectivity index (χ0) is 11.9. The van der Waals surface area contributed by atoms with Crippen LogP contribution in [0.2, 0.25) is 5.02 Å². The van der Waals surface area contributed by atoms with Crippen LogP contribution in [-0.4, -0.2) is 12.2 Å². The van der Waals surface area contributed by atoms with E-state index in [1.807, 2.05) is 0 Å². The summed E-state index contributed by atoms with van der Waals surface area (Å²) in [5.74, 6) is -1.65. The predicted molar refractivity (Wildman–Crippen MR) is 56.2 cm³/mol. The van der Waals surface area contributed by atoms with E-state index in [1.165, 1.54) is 13.2 Å². The summed E-state index contributed by atoms with van der Waals surface area (Å²) in [5.41, 5.74) is -0.290. The molecule has 1 fully saturated rings. The van der Waals surface area contributed by atoms with Gasteiger partial charge in [-0.15, -0.1) is 0 Å². The standard InChI is InChI=1S/C11H9ClFNO2/c1-16-10-6(11(5-14)2-3-11)4-7(12)9(15)8(10)13/h4,15H,2-3H2,1H3. The second-order valence-corrected chi connectivity index (χ2v) is 4.20. The van der Waals surface area contributed by atoms with Crippen molar-refractivity contribution in [3.8, 4) is 17.6 Å². The zero-order valence-corrected chi connectivity index (χ0v) is 9.31. The third-order valence-electron chi connectivity index (χ3n) is 2.83. The van der Waals surface area contributed by atoms with Crippen LogP contribution in [0.1, 0.15) is 18.4 Å². The monoisotopic (exact) mass is 241 g/mol. The molecule has 0 aromatic heterocycles. The molecule has 0 radical (unpaired) electrons. The Morgan fingerprint density at radius 1 is 1.62 bits per heavy atom. The number of benzene rings is 1. The topological polar surface area (TPSA) is 53.2 Å². The van der Waals surface area contributed by atoms with E-state index in [0.717, 1.165) is 0 Å². The third-order valence-corrected chi connectivity index (χ3v) is 3.12. The molecular weight excluding hydrogens is 233 g/mol. The smallest absolute Gasteiger partial charge is 0.208 e. The van der Waals surface area contributed by atoms with Gasteiger partial charge in [-0.3, -0.25) is 0 Å². The van der Waals surface area contributed by atoms with E-state index in [2.05, 4.69) is 6.07 Å². The van der Waals surface area contributed by atoms with Crippen LogP contribution in [0, 0.1) is 17.1 Å². The minimum absolute atomic E-state index is 0.0963. The first kappa shape index (κ1) is 11.0. The fourth-order valence-electron chi connectivity index (χ4n) is 1.71. The van der Waals surface area contributed by atoms with Crippen LogP contribution in [0.3, 0.4) is 0 Å². The van der Waals surface area contributed by atoms with Gasteiger partial charge in [0.2, 0.25) is 5.82 Å². The SMILES string of the molecule is COc1c(C2(C#N)CC2)cc(Cl)c(O)c1F. The van der Waals surface area contributed by atoms with Crippen molar-refractivity contribution < 1.29 is 14.2 Å². The second kappa shape index (κ2) is 3.53. The second-order valence-electron chi connectivity index (χ2n) is 3.80. The van der Waals surface area contributed by atoms with Crippen LogP contribution in [0.25, 0.3) is 0 Å². The molecule has 0 aliphatic heterocycles. The number of hydrogen-bond donors (Lipinski definition) is 1. The average molecular weight is 242 g/mol. The Labute approximate surface area is 97.0 Å². The summed E-state index contributed by atoms with van der Waals surface area (Å²) in [5, 5.41) is 18.3. The van der Waals surface area contributed by atoms with Crippen LogP contribution >= 0.6 is 11.6 Å². The summed E-state index contributed by atoms with van der Waals surface area (Å²) in [6.45, 7) is 0. The van der Waals surface area contributed by atoms with Crippen molar-refractivity contribution in [2.75, 3.05) is 7.11 Å². The molecule has 1 N–H and O–H groups in total. The molecule has 0 heterocycles. The van der Waals surface area contributed by atoms with Gasteiger partial charge < -0.3 is 9.84 Å². The highest BCUT2D eigenvalue weighted by Gasteiger charge is 2.48. The highest BCUT2D eigenvalue weighted by atomic mass is 35.5. The molecule has 0 spiro atoms. The number of nitrogens with zero attached hydrogens (tertiary/aromatic N) is 1. The predicted octanol–water partition coefficient (Wildman–Crippen LogP) is 2.75. The number of methoxy groups -OCH3 is 1. The summed E-state index contributed by atoms with van der Waals surface area (Å²) in [6.07, 6.45) is 1.31. The molecule has 1 aromatic rings. The quantitative estimate of drug-likeness (QED) is 0.866. The van der Waals surface area contributed by atoms with Crippen LogP contribution < -0.4 is 4.74 Å². The van der Waals surface area contributed by atoms with E-state index in [9.17, 15) is 9.50 Å². The van der Waals surface area contributed by atoms with E-state index >= 15 is 0 Å². The van der Waals surface area contributed by atoms with Crippen LogP contribution in [0.15, 0.2) is 6.07 Å². The van der Waals surface area contributed by atoms with Gasteiger partial charge in [-0.1, -0.05) is 11.6 Å². The highest BCUT2D eigenvalue weighted by molar-refractivity contribution is 6.32. The van der Waals surface area contributed by atoms with Gasteiger partial charge in [0.25, 0.3) is 0 Å². The van der Waals surface area contributed by atoms with Crippen molar-refractivity contribution in [3.63, 3.8) is 0 Å². The van der Waals surface area contributed by atoms with Gasteiger partial charge >= 0.3 is 0 Å². The Balaban J connectivity index is 2.67. The summed E-state index contributed by atoms with van der Waals surface area (Å²) < 4.78 is 18.5. The van der Waals surface area contributed by atoms with E-state index in [1.54, 1.807) is 0 Å². The molecule has 1 aliphatic carbocycles. The van der Waals surface area contributed by atoms with Crippen LogP contribution in [-0.2, 0) is 5.41 Å². The molecular formula is C11H9ClFNO2. The number of phenols is 1. The van der Waals surface area contributed by atoms with Gasteiger partial charge in [0.15, 0.2) is 11.5 Å². The van der Waals surface area contributed by atoms with Gasteiger partial charge in [0.05, 0.1) is 23.6 Å². The first-order chi connectivity index (χ1) is 7.55. The first-order valence-electron chi connectivity index (χ1n) is 4.72. The Morgan fingerprint density at radius 3 is 2.69 bits per heavy atom. The van der Waals surface area contributed by atoms with Gasteiger partial charge in [0, 0.05) is 5.56 Å². The molecule has 0 bridgehead atoms. The molecule has 1 saturated carbocycles. The number of aromatic hydroxyl groups is 1. The van der Waals surface area contributed by atoms with E-state index in [-0.39, 0.29) is 10.8 Å². The molecule has 0 saturated heterocycles. The lowest BCUT2D eigenvalue weighted by Gasteiger charge is -2.14. The van der Waals surface area contributed by atoms with Gasteiger partial charge in [-0.25, -0.2) is 0 Å². The molecule has 0 unspecified atom stereocenters.